The second-order valence-electron chi connectivity index (χ2n) is 4.57. The van der Waals surface area contributed by atoms with Crippen molar-refractivity contribution in [3.8, 4) is 0 Å². The fourth-order valence-corrected chi connectivity index (χ4v) is 1.87. The highest BCUT2D eigenvalue weighted by Gasteiger charge is 2.00. The molecule has 0 fully saturated rings. The average Bonchev–Trinajstić information content (AvgIpc) is 2.87. The van der Waals surface area contributed by atoms with Gasteiger partial charge in [0.1, 0.15) is 0 Å². The summed E-state index contributed by atoms with van der Waals surface area (Å²) in [6.07, 6.45) is 3.48. The maximum atomic E-state index is 5.02. The molecule has 0 saturated carbocycles. The van der Waals surface area contributed by atoms with E-state index in [9.17, 15) is 0 Å². The summed E-state index contributed by atoms with van der Waals surface area (Å²) >= 11 is 0. The van der Waals surface area contributed by atoms with Gasteiger partial charge in [0.25, 0.3) is 0 Å². The molecule has 1 aromatic carbocycles. The summed E-state index contributed by atoms with van der Waals surface area (Å²) in [6.45, 7) is 4.92. The molecule has 3 heteroatoms. The Morgan fingerprint density at radius 1 is 1.28 bits per heavy atom. The Hall–Kier alpha value is -1.74. The number of nitrogens with zero attached hydrogens (tertiary/aromatic N) is 1. The zero-order valence-electron chi connectivity index (χ0n) is 11.0. The molecule has 0 atom stereocenters. The molecular formula is C15H20N2O. The number of hydrogen-bond acceptors (Lipinski definition) is 3. The van der Waals surface area contributed by atoms with Gasteiger partial charge in [0.15, 0.2) is 0 Å². The van der Waals surface area contributed by atoms with Gasteiger partial charge in [-0.2, -0.15) is 0 Å². The maximum absolute atomic E-state index is 5.02. The molecule has 0 spiro atoms. The van der Waals surface area contributed by atoms with Crippen LogP contribution in [0.15, 0.2) is 47.3 Å². The van der Waals surface area contributed by atoms with Crippen LogP contribution in [-0.2, 0) is 6.54 Å². The third-order valence-corrected chi connectivity index (χ3v) is 2.98. The summed E-state index contributed by atoms with van der Waals surface area (Å²) < 4.78 is 5.02. The van der Waals surface area contributed by atoms with Gasteiger partial charge < -0.3 is 14.6 Å². The van der Waals surface area contributed by atoms with Crippen molar-refractivity contribution in [2.45, 2.75) is 13.5 Å². The molecule has 0 amide bonds. The molecule has 0 unspecified atom stereocenters. The molecule has 0 radical (unpaired) electrons. The minimum Gasteiger partial charge on any atom is -0.472 e. The molecule has 0 aliphatic carbocycles. The van der Waals surface area contributed by atoms with Crippen molar-refractivity contribution in [2.75, 3.05) is 25.0 Å². The summed E-state index contributed by atoms with van der Waals surface area (Å²) in [7, 11) is 2.12. The van der Waals surface area contributed by atoms with Crippen LogP contribution in [0, 0.1) is 6.92 Å². The lowest BCUT2D eigenvalue weighted by Gasteiger charge is -2.19. The first-order chi connectivity index (χ1) is 8.75. The highest BCUT2D eigenvalue weighted by Crippen LogP contribution is 2.13. The Morgan fingerprint density at radius 2 is 2.17 bits per heavy atom. The van der Waals surface area contributed by atoms with Gasteiger partial charge in [-0.15, -0.1) is 0 Å². The monoisotopic (exact) mass is 244 g/mol. The second kappa shape index (κ2) is 6.26. The predicted octanol–water partition coefficient (Wildman–Crippen LogP) is 2.81. The summed E-state index contributed by atoms with van der Waals surface area (Å²) in [5, 5.41) is 3.40. The molecule has 2 aromatic rings. The number of benzene rings is 1. The zero-order valence-corrected chi connectivity index (χ0v) is 11.0. The fraction of sp³-hybridized carbons (Fsp3) is 0.333. The van der Waals surface area contributed by atoms with Crippen molar-refractivity contribution < 1.29 is 4.42 Å². The molecule has 3 nitrogen and oxygen atoms in total. The molecule has 0 aliphatic rings. The van der Waals surface area contributed by atoms with Crippen LogP contribution in [0.3, 0.4) is 0 Å². The van der Waals surface area contributed by atoms with Gasteiger partial charge >= 0.3 is 0 Å². The topological polar surface area (TPSA) is 28.4 Å². The van der Waals surface area contributed by atoms with Gasteiger partial charge in [-0.25, -0.2) is 0 Å². The summed E-state index contributed by atoms with van der Waals surface area (Å²) in [5.74, 6) is 0. The van der Waals surface area contributed by atoms with Crippen LogP contribution in [0.2, 0.25) is 0 Å². The molecule has 2 rings (SSSR count). The van der Waals surface area contributed by atoms with Gasteiger partial charge in [0.05, 0.1) is 12.5 Å². The van der Waals surface area contributed by atoms with E-state index in [4.69, 9.17) is 4.42 Å². The normalized spacial score (nSPS) is 10.6. The smallest absolute Gasteiger partial charge is 0.0947 e. The fourth-order valence-electron chi connectivity index (χ4n) is 1.87. The molecule has 0 bridgehead atoms. The maximum Gasteiger partial charge on any atom is 0.0947 e. The lowest BCUT2D eigenvalue weighted by Crippen LogP contribution is -2.28. The second-order valence-corrected chi connectivity index (χ2v) is 4.57. The van der Waals surface area contributed by atoms with Gasteiger partial charge in [-0.05, 0) is 30.7 Å². The Labute approximate surface area is 108 Å². The largest absolute Gasteiger partial charge is 0.472 e. The molecular weight excluding hydrogens is 224 g/mol. The molecule has 96 valence electrons. The van der Waals surface area contributed by atoms with E-state index in [2.05, 4.69) is 48.5 Å². The van der Waals surface area contributed by atoms with E-state index in [1.165, 1.54) is 16.8 Å². The highest BCUT2D eigenvalue weighted by molar-refractivity contribution is 5.47. The van der Waals surface area contributed by atoms with Crippen LogP contribution in [0.5, 0.6) is 0 Å². The van der Waals surface area contributed by atoms with E-state index in [1.54, 1.807) is 12.5 Å². The van der Waals surface area contributed by atoms with Crippen LogP contribution in [-0.4, -0.2) is 20.1 Å². The molecule has 0 saturated heterocycles. The lowest BCUT2D eigenvalue weighted by atomic mass is 10.2. The highest BCUT2D eigenvalue weighted by atomic mass is 16.3. The SMILES string of the molecule is Cc1cccc(N(C)CCNCc2ccoc2)c1. The third kappa shape index (κ3) is 3.64. The molecule has 0 aliphatic heterocycles. The Balaban J connectivity index is 1.73. The molecule has 18 heavy (non-hydrogen) atoms. The van der Waals surface area contributed by atoms with Crippen LogP contribution in [0.1, 0.15) is 11.1 Å². The van der Waals surface area contributed by atoms with E-state index in [-0.39, 0.29) is 0 Å². The van der Waals surface area contributed by atoms with Crippen molar-refractivity contribution >= 4 is 5.69 Å². The number of rotatable bonds is 6. The number of aryl methyl sites for hydroxylation is 1. The summed E-state index contributed by atoms with van der Waals surface area (Å²) in [5.41, 5.74) is 3.75. The summed E-state index contributed by atoms with van der Waals surface area (Å²) in [6, 6.07) is 10.5. The van der Waals surface area contributed by atoms with Crippen LogP contribution in [0.4, 0.5) is 5.69 Å². The minimum atomic E-state index is 0.859. The van der Waals surface area contributed by atoms with Crippen molar-refractivity contribution in [1.82, 2.24) is 5.32 Å². The van der Waals surface area contributed by atoms with Gasteiger partial charge in [0, 0.05) is 37.9 Å². The average molecular weight is 244 g/mol. The van der Waals surface area contributed by atoms with E-state index >= 15 is 0 Å². The Kier molecular flexibility index (Phi) is 4.42. The third-order valence-electron chi connectivity index (χ3n) is 2.98. The number of nitrogens with one attached hydrogen (secondary N) is 1. The first-order valence-corrected chi connectivity index (χ1v) is 6.25. The van der Waals surface area contributed by atoms with Crippen molar-refractivity contribution in [1.29, 1.82) is 0 Å². The van der Waals surface area contributed by atoms with E-state index in [0.717, 1.165) is 19.6 Å². The zero-order chi connectivity index (χ0) is 12.8. The first-order valence-electron chi connectivity index (χ1n) is 6.25. The molecule has 1 heterocycles. The lowest BCUT2D eigenvalue weighted by molar-refractivity contribution is 0.560. The van der Waals surface area contributed by atoms with E-state index in [0.29, 0.717) is 0 Å². The standard InChI is InChI=1S/C15H20N2O/c1-13-4-3-5-15(10-13)17(2)8-7-16-11-14-6-9-18-12-14/h3-6,9-10,12,16H,7-8,11H2,1-2H3. The van der Waals surface area contributed by atoms with Crippen molar-refractivity contribution in [3.63, 3.8) is 0 Å². The van der Waals surface area contributed by atoms with E-state index < -0.39 is 0 Å². The van der Waals surface area contributed by atoms with Crippen molar-refractivity contribution in [3.05, 3.63) is 54.0 Å². The van der Waals surface area contributed by atoms with E-state index in [1.807, 2.05) is 6.07 Å². The minimum absolute atomic E-state index is 0.859. The van der Waals surface area contributed by atoms with Crippen molar-refractivity contribution in [2.24, 2.45) is 0 Å². The first kappa shape index (κ1) is 12.7. The van der Waals surface area contributed by atoms with Crippen LogP contribution in [0.25, 0.3) is 0 Å². The quantitative estimate of drug-likeness (QED) is 0.792. The van der Waals surface area contributed by atoms with Crippen LogP contribution >= 0.6 is 0 Å². The molecule has 1 aromatic heterocycles. The number of likely N-dealkylation sites (N-methyl/N-ethyl adjacent to an activating group) is 1. The molecule has 1 N–H and O–H groups in total. The van der Waals surface area contributed by atoms with Gasteiger partial charge in [0.2, 0.25) is 0 Å². The number of anilines is 1. The Morgan fingerprint density at radius 3 is 2.89 bits per heavy atom. The Bertz CT molecular complexity index is 465. The summed E-state index contributed by atoms with van der Waals surface area (Å²) in [4.78, 5) is 2.26. The number of furan rings is 1. The van der Waals surface area contributed by atoms with Crippen LogP contribution < -0.4 is 10.2 Å². The predicted molar refractivity (Wildman–Crippen MR) is 74.9 cm³/mol. The van der Waals surface area contributed by atoms with Gasteiger partial charge in [-0.3, -0.25) is 0 Å². The number of hydrogen-bond donors (Lipinski definition) is 1. The van der Waals surface area contributed by atoms with Gasteiger partial charge in [-0.1, -0.05) is 12.1 Å².